The highest BCUT2D eigenvalue weighted by molar-refractivity contribution is 6.78. The van der Waals surface area contributed by atoms with Gasteiger partial charge in [-0.3, -0.25) is 9.59 Å². The summed E-state index contributed by atoms with van der Waals surface area (Å²) in [6, 6.07) is 35.8. The minimum absolute atomic E-state index is 0.190. The zero-order chi connectivity index (χ0) is 44.5. The van der Waals surface area contributed by atoms with Gasteiger partial charge < -0.3 is 39.9 Å². The summed E-state index contributed by atoms with van der Waals surface area (Å²) in [5, 5.41) is 7.53. The van der Waals surface area contributed by atoms with Gasteiger partial charge in [0.05, 0.1) is 57.3 Å². The predicted molar refractivity (Wildman–Crippen MR) is 246 cm³/mol. The largest absolute Gasteiger partial charge is 0.453 e. The molecule has 326 valence electrons. The molecule has 2 saturated heterocycles. The van der Waals surface area contributed by atoms with Crippen molar-refractivity contribution in [2.75, 3.05) is 26.9 Å². The number of nitrogens with one attached hydrogen (secondary N) is 4. The molecule has 7 aromatic rings. The molecule has 15 heteroatoms. The molecule has 2 aliphatic rings. The maximum Gasteiger partial charge on any atom is 0.407 e. The van der Waals surface area contributed by atoms with Gasteiger partial charge in [0.15, 0.2) is 0 Å². The van der Waals surface area contributed by atoms with Gasteiger partial charge in [0, 0.05) is 18.1 Å². The molecule has 0 saturated carbocycles. The monoisotopic (exact) mass is 874 g/mol. The number of benzene rings is 5. The number of alkyl carbamates (subject to hydrolysis) is 2. The number of H-pyrrole nitrogens is 2. The number of hydrogen-bond donors (Lipinski definition) is 4. The quantitative estimate of drug-likeness (QED) is 0.0987. The van der Waals surface area contributed by atoms with Gasteiger partial charge in [0.2, 0.25) is 5.91 Å². The first-order chi connectivity index (χ1) is 31.0. The number of nitrogens with zero attached hydrogens (tertiary/aromatic N) is 4. The van der Waals surface area contributed by atoms with Gasteiger partial charge in [-0.25, -0.2) is 19.6 Å². The summed E-state index contributed by atoms with van der Waals surface area (Å²) in [5.74, 6) is 1.03. The van der Waals surface area contributed by atoms with Crippen molar-refractivity contribution in [2.45, 2.75) is 56.1 Å². The molecule has 0 aliphatic carbocycles. The number of methoxy groups -OCH3 is 2. The summed E-state index contributed by atoms with van der Waals surface area (Å²) >= 11 is 0. The van der Waals surface area contributed by atoms with E-state index < -0.39 is 32.3 Å². The highest BCUT2D eigenvalue weighted by Gasteiger charge is 2.46. The summed E-state index contributed by atoms with van der Waals surface area (Å²) in [6.45, 7) is 5.11. The van der Waals surface area contributed by atoms with Gasteiger partial charge in [0.1, 0.15) is 23.7 Å². The molecule has 2 aromatic heterocycles. The molecule has 64 heavy (non-hydrogen) atoms. The van der Waals surface area contributed by atoms with Crippen molar-refractivity contribution in [3.05, 3.63) is 144 Å². The molecule has 0 spiro atoms. The molecule has 4 N–H and O–H groups in total. The number of aromatic nitrogens is 4. The molecule has 2 fully saturated rings. The lowest BCUT2D eigenvalue weighted by molar-refractivity contribution is -0.135. The minimum Gasteiger partial charge on any atom is -0.453 e. The fourth-order valence-electron chi connectivity index (χ4n) is 9.26. The first kappa shape index (κ1) is 42.1. The van der Waals surface area contributed by atoms with Crippen molar-refractivity contribution in [3.63, 3.8) is 0 Å². The molecule has 4 amide bonds. The number of aromatic amines is 2. The van der Waals surface area contributed by atoms with Crippen LogP contribution in [0.4, 0.5) is 9.59 Å². The van der Waals surface area contributed by atoms with Gasteiger partial charge in [-0.05, 0) is 64.2 Å². The second-order valence-electron chi connectivity index (χ2n) is 17.3. The van der Waals surface area contributed by atoms with E-state index in [0.29, 0.717) is 29.7 Å². The van der Waals surface area contributed by atoms with Crippen molar-refractivity contribution in [1.82, 2.24) is 40.4 Å². The Morgan fingerprint density at radius 3 is 1.95 bits per heavy atom. The van der Waals surface area contributed by atoms with Crippen LogP contribution in [0, 0.1) is 0 Å². The molecule has 14 nitrogen and oxygen atoms in total. The fourth-order valence-corrected chi connectivity index (χ4v) is 12.2. The summed E-state index contributed by atoms with van der Waals surface area (Å²) in [7, 11) is 0.728. The van der Waals surface area contributed by atoms with E-state index in [4.69, 9.17) is 19.4 Å². The average Bonchev–Trinajstić information content (AvgIpc) is 4.16. The summed E-state index contributed by atoms with van der Waals surface area (Å²) in [6.07, 6.45) is 2.66. The SMILES string of the molecule is COC(=O)N[C@H](C(=O)N1C[Si](C)(C)C[C@H]1c1nc2c(ccc3cc(-c4ccc(-c5cnc([C@H]6CCCN6C(=O)[C@H](NC(=O)OC)c6ccccc6)[nH]5)cc4)ccc32)[nH]1)c1ccccc1. The number of carbonyl (C=O) groups excluding carboxylic acids is 4. The van der Waals surface area contributed by atoms with E-state index in [1.807, 2.05) is 71.6 Å². The first-order valence-electron chi connectivity index (χ1n) is 21.5. The minimum atomic E-state index is -1.85. The van der Waals surface area contributed by atoms with E-state index in [0.717, 1.165) is 68.9 Å². The highest BCUT2D eigenvalue weighted by Crippen LogP contribution is 2.40. The molecule has 0 radical (unpaired) electrons. The third-order valence-electron chi connectivity index (χ3n) is 12.4. The van der Waals surface area contributed by atoms with Crippen LogP contribution < -0.4 is 10.6 Å². The van der Waals surface area contributed by atoms with E-state index in [2.05, 4.69) is 82.2 Å². The van der Waals surface area contributed by atoms with Crippen LogP contribution in [0.2, 0.25) is 19.1 Å². The van der Waals surface area contributed by atoms with Crippen LogP contribution in [0.25, 0.3) is 44.2 Å². The van der Waals surface area contributed by atoms with Crippen molar-refractivity contribution >= 4 is 53.9 Å². The second-order valence-corrected chi connectivity index (χ2v) is 22.3. The maximum absolute atomic E-state index is 14.4. The van der Waals surface area contributed by atoms with Crippen LogP contribution in [0.1, 0.15) is 59.8 Å². The number of carbonyl (C=O) groups is 4. The van der Waals surface area contributed by atoms with Crippen molar-refractivity contribution < 1.29 is 28.7 Å². The molecule has 9 rings (SSSR count). The summed E-state index contributed by atoms with van der Waals surface area (Å²) < 4.78 is 9.75. The molecule has 2 aliphatic heterocycles. The Kier molecular flexibility index (Phi) is 11.5. The van der Waals surface area contributed by atoms with Gasteiger partial charge in [0.25, 0.3) is 5.91 Å². The van der Waals surface area contributed by atoms with E-state index in [-0.39, 0.29) is 23.9 Å². The number of amides is 4. The molecular weight excluding hydrogens is 825 g/mol. The Bertz CT molecular complexity index is 2850. The van der Waals surface area contributed by atoms with E-state index in [1.165, 1.54) is 14.2 Å². The number of imidazole rings is 2. The average molecular weight is 875 g/mol. The molecule has 4 atom stereocenters. The van der Waals surface area contributed by atoms with Crippen LogP contribution in [0.5, 0.6) is 0 Å². The highest BCUT2D eigenvalue weighted by atomic mass is 28.3. The molecule has 0 bridgehead atoms. The number of fused-ring (bicyclic) bond motifs is 3. The molecule has 0 unspecified atom stereocenters. The van der Waals surface area contributed by atoms with Gasteiger partial charge in [-0.1, -0.05) is 116 Å². The number of hydrogen-bond acceptors (Lipinski definition) is 8. The maximum atomic E-state index is 14.4. The normalized spacial score (nSPS) is 17.9. The zero-order valence-electron chi connectivity index (χ0n) is 36.1. The van der Waals surface area contributed by atoms with Crippen LogP contribution in [-0.2, 0) is 19.1 Å². The van der Waals surface area contributed by atoms with Crippen LogP contribution in [0.3, 0.4) is 0 Å². The Morgan fingerprint density at radius 1 is 0.703 bits per heavy atom. The third kappa shape index (κ3) is 8.33. The third-order valence-corrected chi connectivity index (χ3v) is 15.1. The number of ether oxygens (including phenoxy) is 2. The van der Waals surface area contributed by atoms with Crippen molar-refractivity contribution in [2.24, 2.45) is 0 Å². The van der Waals surface area contributed by atoms with Crippen LogP contribution in [0.15, 0.2) is 121 Å². The van der Waals surface area contributed by atoms with E-state index in [1.54, 1.807) is 11.1 Å². The summed E-state index contributed by atoms with van der Waals surface area (Å²) in [5.41, 5.74) is 7.00. The van der Waals surface area contributed by atoms with Crippen LogP contribution in [-0.4, -0.2) is 88.7 Å². The van der Waals surface area contributed by atoms with Crippen molar-refractivity contribution in [1.29, 1.82) is 0 Å². The molecule has 4 heterocycles. The Balaban J connectivity index is 0.931. The smallest absolute Gasteiger partial charge is 0.407 e. The number of likely N-dealkylation sites (tertiary alicyclic amines) is 1. The second kappa shape index (κ2) is 17.5. The standard InChI is InChI=1S/C49H50N8O6Si/c1-62-48(60)54-41(32-12-7-5-8-13-32)46(58)56-25-11-16-39(56)44-50-27-38(52-44)31-19-17-30(18-20-31)34-21-23-36-35(26-34)22-24-37-43(36)53-45(51-37)40-28-64(3,4)29-57(40)47(59)42(55-49(61)63-2)33-14-9-6-10-15-33/h5-10,12-15,17-24,26-27,39-42H,11,16,25,28-29H2,1-4H3,(H,50,52)(H,51,53)(H,54,60)(H,55,61)/t39-,40+,41-,42+/m1/s1. The fraction of sp³-hybridized carbons (Fsp3) is 0.265. The number of rotatable bonds is 10. The zero-order valence-corrected chi connectivity index (χ0v) is 37.1. The molecular formula is C49H50N8O6Si. The van der Waals surface area contributed by atoms with Gasteiger partial charge >= 0.3 is 12.2 Å². The Hall–Kier alpha value is -7.26. The first-order valence-corrected chi connectivity index (χ1v) is 24.9. The van der Waals surface area contributed by atoms with E-state index in [9.17, 15) is 19.2 Å². The summed E-state index contributed by atoms with van der Waals surface area (Å²) in [4.78, 5) is 73.6. The Morgan fingerprint density at radius 2 is 1.31 bits per heavy atom. The lowest BCUT2D eigenvalue weighted by Crippen LogP contribution is -2.44. The van der Waals surface area contributed by atoms with Crippen molar-refractivity contribution in [3.8, 4) is 22.4 Å². The van der Waals surface area contributed by atoms with E-state index >= 15 is 0 Å². The van der Waals surface area contributed by atoms with Gasteiger partial charge in [-0.15, -0.1) is 0 Å². The predicted octanol–water partition coefficient (Wildman–Crippen LogP) is 8.76. The molecule has 5 aromatic carbocycles. The lowest BCUT2D eigenvalue weighted by Gasteiger charge is -2.29. The Labute approximate surface area is 371 Å². The lowest BCUT2D eigenvalue weighted by atomic mass is 9.99. The van der Waals surface area contributed by atoms with Crippen LogP contribution >= 0.6 is 0 Å². The van der Waals surface area contributed by atoms with Gasteiger partial charge in [-0.2, -0.15) is 0 Å². The topological polar surface area (TPSA) is 175 Å².